The Morgan fingerprint density at radius 2 is 1.83 bits per heavy atom. The maximum absolute atomic E-state index is 13.8. The van der Waals surface area contributed by atoms with Crippen LogP contribution in [-0.2, 0) is 6.18 Å². The number of alkyl halides is 3. The molecule has 11 heteroatoms. The largest absolute Gasteiger partial charge is 0.417 e. The van der Waals surface area contributed by atoms with Crippen molar-refractivity contribution in [2.75, 3.05) is 24.5 Å². The first-order valence-corrected chi connectivity index (χ1v) is 11.2. The van der Waals surface area contributed by atoms with E-state index in [4.69, 9.17) is 0 Å². The highest BCUT2D eigenvalue weighted by atomic mass is 19.4. The number of anilines is 1. The second kappa shape index (κ2) is 8.97. The molecule has 1 saturated heterocycles. The quantitative estimate of drug-likeness (QED) is 0.441. The molecule has 1 aliphatic rings. The zero-order valence-electron chi connectivity index (χ0n) is 18.9. The molecule has 1 aliphatic heterocycles. The molecule has 1 fully saturated rings. The van der Waals surface area contributed by atoms with E-state index < -0.39 is 11.7 Å². The summed E-state index contributed by atoms with van der Waals surface area (Å²) in [4.78, 5) is 30.2. The lowest BCUT2D eigenvalue weighted by Crippen LogP contribution is -2.40. The minimum atomic E-state index is -4.43. The Morgan fingerprint density at radius 3 is 2.54 bits per heavy atom. The first-order chi connectivity index (χ1) is 16.8. The molecule has 1 atom stereocenters. The fourth-order valence-corrected chi connectivity index (χ4v) is 4.25. The summed E-state index contributed by atoms with van der Waals surface area (Å²) in [5.41, 5.74) is 1.17. The van der Waals surface area contributed by atoms with Crippen molar-refractivity contribution >= 4 is 17.4 Å². The van der Waals surface area contributed by atoms with Gasteiger partial charge in [-0.15, -0.1) is 0 Å². The van der Waals surface area contributed by atoms with Crippen LogP contribution in [0.2, 0.25) is 0 Å². The topological polar surface area (TPSA) is 79.5 Å². The molecule has 1 amide bonds. The number of carbonyl (C=O) groups excluding carboxylic acids is 1. The molecule has 0 bridgehead atoms. The van der Waals surface area contributed by atoms with E-state index in [0.717, 1.165) is 12.3 Å². The lowest BCUT2D eigenvalue weighted by atomic mass is 10.1. The van der Waals surface area contributed by atoms with E-state index in [1.807, 2.05) is 24.0 Å². The summed E-state index contributed by atoms with van der Waals surface area (Å²) >= 11 is 0. The van der Waals surface area contributed by atoms with E-state index >= 15 is 0 Å². The Bertz CT molecular complexity index is 1340. The normalized spacial score (nSPS) is 17.0. The molecule has 0 saturated carbocycles. The molecule has 0 unspecified atom stereocenters. The van der Waals surface area contributed by atoms with Gasteiger partial charge in [-0.1, -0.05) is 6.07 Å². The molecule has 4 aromatic rings. The number of nitrogens with zero attached hydrogens (tertiary/aromatic N) is 7. The van der Waals surface area contributed by atoms with Crippen molar-refractivity contribution in [1.82, 2.24) is 29.5 Å². The molecule has 0 aliphatic carbocycles. The molecule has 5 rings (SSSR count). The Labute approximate surface area is 199 Å². The summed E-state index contributed by atoms with van der Waals surface area (Å²) in [6.45, 7) is 3.31. The minimum Gasteiger partial charge on any atom is -0.355 e. The fraction of sp³-hybridized carbons (Fsp3) is 0.292. The van der Waals surface area contributed by atoms with Crippen molar-refractivity contribution in [2.45, 2.75) is 25.6 Å². The van der Waals surface area contributed by atoms with Crippen LogP contribution in [0.3, 0.4) is 0 Å². The second-order valence-electron chi connectivity index (χ2n) is 8.35. The summed E-state index contributed by atoms with van der Waals surface area (Å²) < 4.78 is 40.3. The Morgan fingerprint density at radius 1 is 1.00 bits per heavy atom. The van der Waals surface area contributed by atoms with E-state index in [1.165, 1.54) is 6.07 Å². The third-order valence-electron chi connectivity index (χ3n) is 6.14. The Balaban J connectivity index is 1.43. The average Bonchev–Trinajstić information content (AvgIpc) is 3.14. The summed E-state index contributed by atoms with van der Waals surface area (Å²) in [5, 5.41) is 4.53. The smallest absolute Gasteiger partial charge is 0.355 e. The molecule has 8 nitrogen and oxygen atoms in total. The molecular weight excluding hydrogens is 459 g/mol. The molecule has 0 aromatic carbocycles. The number of halogens is 3. The summed E-state index contributed by atoms with van der Waals surface area (Å²) in [6.07, 6.45) is 2.06. The highest BCUT2D eigenvalue weighted by Gasteiger charge is 2.33. The Kier molecular flexibility index (Phi) is 5.83. The molecule has 4 aromatic heterocycles. The van der Waals surface area contributed by atoms with Crippen LogP contribution in [0.5, 0.6) is 0 Å². The van der Waals surface area contributed by atoms with Gasteiger partial charge in [0.15, 0.2) is 11.3 Å². The molecule has 0 N–H and O–H groups in total. The zero-order valence-corrected chi connectivity index (χ0v) is 18.9. The second-order valence-corrected chi connectivity index (χ2v) is 8.35. The van der Waals surface area contributed by atoms with Gasteiger partial charge in [-0.2, -0.15) is 18.3 Å². The predicted molar refractivity (Wildman–Crippen MR) is 123 cm³/mol. The van der Waals surface area contributed by atoms with Gasteiger partial charge < -0.3 is 9.80 Å². The van der Waals surface area contributed by atoms with Crippen LogP contribution in [0.25, 0.3) is 16.9 Å². The maximum Gasteiger partial charge on any atom is 0.417 e. The first kappa shape index (κ1) is 22.8. The highest BCUT2D eigenvalue weighted by Crippen LogP contribution is 2.30. The van der Waals surface area contributed by atoms with Gasteiger partial charge in [0.1, 0.15) is 5.82 Å². The number of amides is 1. The minimum absolute atomic E-state index is 0.115. The number of carbonyl (C=O) groups is 1. The average molecular weight is 481 g/mol. The number of rotatable bonds is 3. The van der Waals surface area contributed by atoms with Gasteiger partial charge in [-0.05, 0) is 43.7 Å². The fourth-order valence-electron chi connectivity index (χ4n) is 4.25. The van der Waals surface area contributed by atoms with Crippen LogP contribution < -0.4 is 4.90 Å². The number of fused-ring (bicyclic) bond motifs is 1. The highest BCUT2D eigenvalue weighted by molar-refractivity contribution is 6.02. The monoisotopic (exact) mass is 481 g/mol. The van der Waals surface area contributed by atoms with Crippen LogP contribution in [0.15, 0.2) is 61.2 Å². The van der Waals surface area contributed by atoms with E-state index in [9.17, 15) is 18.0 Å². The lowest BCUT2D eigenvalue weighted by molar-refractivity contribution is -0.137. The number of aromatic nitrogens is 5. The third-order valence-corrected chi connectivity index (χ3v) is 6.14. The van der Waals surface area contributed by atoms with E-state index in [1.54, 1.807) is 40.1 Å². The van der Waals surface area contributed by atoms with Gasteiger partial charge in [-0.3, -0.25) is 9.78 Å². The standard InChI is InChI=1S/C24H22F3N7O/c1-16-8-12-32(19-7-6-17(15-30-19)24(25,26)27)13-14-33(16)23(35)21-20(18-5-2-3-9-28-18)22-29-10-4-11-34(22)31-21/h2-7,9-11,15-16H,8,12-14H2,1H3/t16-/m1/s1. The van der Waals surface area contributed by atoms with Crippen LogP contribution in [0.4, 0.5) is 19.0 Å². The van der Waals surface area contributed by atoms with Crippen LogP contribution in [0.1, 0.15) is 29.4 Å². The maximum atomic E-state index is 13.8. The van der Waals surface area contributed by atoms with Crippen molar-refractivity contribution in [1.29, 1.82) is 0 Å². The molecule has 35 heavy (non-hydrogen) atoms. The summed E-state index contributed by atoms with van der Waals surface area (Å²) in [7, 11) is 0. The van der Waals surface area contributed by atoms with Crippen molar-refractivity contribution in [2.24, 2.45) is 0 Å². The van der Waals surface area contributed by atoms with Crippen LogP contribution >= 0.6 is 0 Å². The van der Waals surface area contributed by atoms with Gasteiger partial charge in [-0.25, -0.2) is 14.5 Å². The van der Waals surface area contributed by atoms with Crippen molar-refractivity contribution in [3.05, 3.63) is 72.4 Å². The molecule has 0 spiro atoms. The van der Waals surface area contributed by atoms with Crippen molar-refractivity contribution in [3.8, 4) is 11.3 Å². The predicted octanol–water partition coefficient (Wildman–Crippen LogP) is 3.95. The zero-order chi connectivity index (χ0) is 24.6. The SMILES string of the molecule is C[C@@H]1CCN(c2ccc(C(F)(F)F)cn2)CCN1C(=O)c1nn2cccnc2c1-c1ccccn1. The first-order valence-electron chi connectivity index (χ1n) is 11.2. The molecule has 5 heterocycles. The van der Waals surface area contributed by atoms with Crippen LogP contribution in [-0.4, -0.2) is 61.0 Å². The van der Waals surface area contributed by atoms with E-state index in [2.05, 4.69) is 20.1 Å². The number of pyridine rings is 2. The van der Waals surface area contributed by atoms with Gasteiger partial charge in [0.2, 0.25) is 0 Å². The molecule has 180 valence electrons. The van der Waals surface area contributed by atoms with Crippen molar-refractivity contribution in [3.63, 3.8) is 0 Å². The third kappa shape index (κ3) is 4.41. The van der Waals surface area contributed by atoms with E-state index in [-0.39, 0.29) is 17.6 Å². The van der Waals surface area contributed by atoms with Gasteiger partial charge in [0.25, 0.3) is 5.91 Å². The summed E-state index contributed by atoms with van der Waals surface area (Å²) in [5.74, 6) is 0.205. The lowest BCUT2D eigenvalue weighted by Gasteiger charge is -2.26. The molecule has 0 radical (unpaired) electrons. The summed E-state index contributed by atoms with van der Waals surface area (Å²) in [6, 6.07) is 9.47. The van der Waals surface area contributed by atoms with Gasteiger partial charge in [0, 0.05) is 50.5 Å². The van der Waals surface area contributed by atoms with Crippen LogP contribution in [0, 0.1) is 0 Å². The van der Waals surface area contributed by atoms with Gasteiger partial charge in [0.05, 0.1) is 16.8 Å². The Hall–Kier alpha value is -4.02. The number of hydrogen-bond donors (Lipinski definition) is 0. The van der Waals surface area contributed by atoms with Crippen molar-refractivity contribution < 1.29 is 18.0 Å². The van der Waals surface area contributed by atoms with E-state index in [0.29, 0.717) is 48.8 Å². The molecular formula is C24H22F3N7O. The number of hydrogen-bond acceptors (Lipinski definition) is 6. The van der Waals surface area contributed by atoms with Gasteiger partial charge >= 0.3 is 6.18 Å².